The number of nitro groups is 1. The van der Waals surface area contributed by atoms with Crippen LogP contribution >= 0.6 is 11.6 Å². The summed E-state index contributed by atoms with van der Waals surface area (Å²) in [5, 5.41) is 22.8. The van der Waals surface area contributed by atoms with Crippen molar-refractivity contribution in [2.24, 2.45) is 0 Å². The van der Waals surface area contributed by atoms with Gasteiger partial charge in [0.25, 0.3) is 11.6 Å². The molecule has 0 saturated carbocycles. The van der Waals surface area contributed by atoms with Crippen LogP contribution in [0.2, 0.25) is 5.02 Å². The van der Waals surface area contributed by atoms with Crippen LogP contribution in [0.4, 0.5) is 11.4 Å². The first-order valence-corrected chi connectivity index (χ1v) is 8.71. The number of hydrogen-bond donors (Lipinski definition) is 1. The highest BCUT2D eigenvalue weighted by Crippen LogP contribution is 2.35. The number of rotatable bonds is 7. The van der Waals surface area contributed by atoms with E-state index in [4.69, 9.17) is 31.1 Å². The van der Waals surface area contributed by atoms with E-state index < -0.39 is 34.2 Å². The fraction of sp³-hybridized carbons (Fsp3) is 0.211. The van der Waals surface area contributed by atoms with Crippen molar-refractivity contribution in [1.29, 1.82) is 5.26 Å². The Bertz CT molecular complexity index is 1050. The minimum Gasteiger partial charge on any atom is -0.493 e. The minimum atomic E-state index is -1.29. The van der Waals surface area contributed by atoms with Crippen LogP contribution in [0, 0.1) is 21.4 Å². The largest absolute Gasteiger partial charge is 0.493 e. The molecule has 1 N–H and O–H groups in total. The van der Waals surface area contributed by atoms with Crippen LogP contribution < -0.4 is 14.8 Å². The normalized spacial score (nSPS) is 11.0. The molecule has 0 spiro atoms. The van der Waals surface area contributed by atoms with E-state index in [0.717, 1.165) is 12.1 Å². The third-order valence-corrected chi connectivity index (χ3v) is 4.24. The zero-order valence-corrected chi connectivity index (χ0v) is 16.9. The summed E-state index contributed by atoms with van der Waals surface area (Å²) in [7, 11) is 2.60. The predicted molar refractivity (Wildman–Crippen MR) is 106 cm³/mol. The van der Waals surface area contributed by atoms with Crippen molar-refractivity contribution in [2.75, 3.05) is 19.5 Å². The number of amides is 1. The first kappa shape index (κ1) is 22.4. The number of nitro benzene ring substituents is 1. The first-order chi connectivity index (χ1) is 14.2. The average molecular weight is 434 g/mol. The van der Waals surface area contributed by atoms with Crippen molar-refractivity contribution in [2.45, 2.75) is 13.0 Å². The van der Waals surface area contributed by atoms with Crippen molar-refractivity contribution in [3.63, 3.8) is 0 Å². The van der Waals surface area contributed by atoms with Gasteiger partial charge in [0.1, 0.15) is 11.6 Å². The molecule has 10 nitrogen and oxygen atoms in total. The molecule has 0 fully saturated rings. The summed E-state index contributed by atoms with van der Waals surface area (Å²) in [5.41, 5.74) is -0.457. The van der Waals surface area contributed by atoms with Crippen molar-refractivity contribution in [3.8, 4) is 17.6 Å². The molecule has 0 bridgehead atoms. The Morgan fingerprint density at radius 1 is 1.20 bits per heavy atom. The maximum absolute atomic E-state index is 12.5. The zero-order chi connectivity index (χ0) is 22.4. The Labute approximate surface area is 176 Å². The van der Waals surface area contributed by atoms with Gasteiger partial charge in [0.15, 0.2) is 17.6 Å². The van der Waals surface area contributed by atoms with E-state index in [0.29, 0.717) is 0 Å². The van der Waals surface area contributed by atoms with Crippen LogP contribution in [0.15, 0.2) is 30.3 Å². The van der Waals surface area contributed by atoms with Crippen molar-refractivity contribution < 1.29 is 28.7 Å². The van der Waals surface area contributed by atoms with E-state index in [2.05, 4.69) is 5.32 Å². The molecule has 0 saturated heterocycles. The molecular formula is C19H16ClN3O7. The summed E-state index contributed by atoms with van der Waals surface area (Å²) in [6.07, 6.45) is -1.29. The number of hydrogen-bond acceptors (Lipinski definition) is 8. The summed E-state index contributed by atoms with van der Waals surface area (Å²) in [6, 6.07) is 8.25. The molecule has 1 atom stereocenters. The Balaban J connectivity index is 2.20. The molecule has 156 valence electrons. The van der Waals surface area contributed by atoms with Gasteiger partial charge in [0.2, 0.25) is 0 Å². The van der Waals surface area contributed by atoms with Gasteiger partial charge in [0, 0.05) is 11.8 Å². The highest BCUT2D eigenvalue weighted by Gasteiger charge is 2.28. The monoisotopic (exact) mass is 433 g/mol. The SMILES string of the molecule is COc1cc(C(=O)OC(C)C(=O)Nc2ccc(C#N)c(Cl)c2)c([N+](=O)[O-])cc1OC. The molecule has 0 aliphatic heterocycles. The van der Waals surface area contributed by atoms with Gasteiger partial charge in [-0.25, -0.2) is 4.79 Å². The number of anilines is 1. The van der Waals surface area contributed by atoms with E-state index in [-0.39, 0.29) is 27.8 Å². The van der Waals surface area contributed by atoms with Gasteiger partial charge < -0.3 is 19.5 Å². The molecule has 2 aromatic rings. The smallest absolute Gasteiger partial charge is 0.346 e. The average Bonchev–Trinajstić information content (AvgIpc) is 2.72. The lowest BCUT2D eigenvalue weighted by Gasteiger charge is -2.15. The number of benzene rings is 2. The number of carbonyl (C=O) groups is 2. The van der Waals surface area contributed by atoms with Gasteiger partial charge in [0.05, 0.1) is 35.8 Å². The van der Waals surface area contributed by atoms with Gasteiger partial charge in [-0.3, -0.25) is 14.9 Å². The number of methoxy groups -OCH3 is 2. The highest BCUT2D eigenvalue weighted by atomic mass is 35.5. The number of carbonyl (C=O) groups excluding carboxylic acids is 2. The lowest BCUT2D eigenvalue weighted by Crippen LogP contribution is -2.30. The van der Waals surface area contributed by atoms with E-state index in [1.54, 1.807) is 0 Å². The van der Waals surface area contributed by atoms with Crippen LogP contribution in [0.5, 0.6) is 11.5 Å². The Hall–Kier alpha value is -3.84. The van der Waals surface area contributed by atoms with Crippen molar-refractivity contribution in [1.82, 2.24) is 0 Å². The molecule has 0 aliphatic carbocycles. The molecule has 0 radical (unpaired) electrons. The van der Waals surface area contributed by atoms with Crippen LogP contribution in [0.3, 0.4) is 0 Å². The molecule has 1 amide bonds. The van der Waals surface area contributed by atoms with Crippen LogP contribution in [0.1, 0.15) is 22.8 Å². The summed E-state index contributed by atoms with van der Waals surface area (Å²) >= 11 is 5.91. The second-order valence-electron chi connectivity index (χ2n) is 5.82. The summed E-state index contributed by atoms with van der Waals surface area (Å²) < 4.78 is 15.1. The minimum absolute atomic E-state index is 0.0595. The zero-order valence-electron chi connectivity index (χ0n) is 16.1. The number of ether oxygens (including phenoxy) is 3. The fourth-order valence-corrected chi connectivity index (χ4v) is 2.61. The van der Waals surface area contributed by atoms with E-state index in [1.165, 1.54) is 39.3 Å². The van der Waals surface area contributed by atoms with Crippen molar-refractivity contribution in [3.05, 3.63) is 56.6 Å². The van der Waals surface area contributed by atoms with Crippen molar-refractivity contribution >= 4 is 34.9 Å². The van der Waals surface area contributed by atoms with Crippen LogP contribution in [-0.4, -0.2) is 37.1 Å². The third kappa shape index (κ3) is 4.95. The molecule has 1 unspecified atom stereocenters. The number of nitriles is 1. The standard InChI is InChI=1S/C19H16ClN3O7/c1-10(18(24)22-12-5-4-11(9-21)14(20)6-12)30-19(25)13-7-16(28-2)17(29-3)8-15(13)23(26)27/h4-8,10H,1-3H3,(H,22,24). The van der Waals surface area contributed by atoms with Gasteiger partial charge in [-0.15, -0.1) is 0 Å². The second kappa shape index (κ2) is 9.58. The maximum Gasteiger partial charge on any atom is 0.346 e. The molecule has 30 heavy (non-hydrogen) atoms. The number of halogens is 1. The summed E-state index contributed by atoms with van der Waals surface area (Å²) in [6.45, 7) is 1.30. The molecule has 2 rings (SSSR count). The topological polar surface area (TPSA) is 141 Å². The highest BCUT2D eigenvalue weighted by molar-refractivity contribution is 6.32. The number of esters is 1. The third-order valence-electron chi connectivity index (χ3n) is 3.93. The summed E-state index contributed by atoms with van der Waals surface area (Å²) in [4.78, 5) is 35.3. The van der Waals surface area contributed by atoms with E-state index in [1.807, 2.05) is 6.07 Å². The quantitative estimate of drug-likeness (QED) is 0.398. The van der Waals surface area contributed by atoms with E-state index >= 15 is 0 Å². The molecule has 0 heterocycles. The fourth-order valence-electron chi connectivity index (χ4n) is 2.39. The summed E-state index contributed by atoms with van der Waals surface area (Å²) in [5.74, 6) is -1.65. The lowest BCUT2D eigenvalue weighted by atomic mass is 10.1. The molecule has 0 aromatic heterocycles. The van der Waals surface area contributed by atoms with Crippen LogP contribution in [0.25, 0.3) is 0 Å². The van der Waals surface area contributed by atoms with Gasteiger partial charge >= 0.3 is 5.97 Å². The number of nitrogens with one attached hydrogen (secondary N) is 1. The Morgan fingerprint density at radius 2 is 1.83 bits per heavy atom. The van der Waals surface area contributed by atoms with Crippen LogP contribution in [-0.2, 0) is 9.53 Å². The van der Waals surface area contributed by atoms with Gasteiger partial charge in [-0.1, -0.05) is 11.6 Å². The Kier molecular flexibility index (Phi) is 7.17. The molecule has 2 aromatic carbocycles. The van der Waals surface area contributed by atoms with Gasteiger partial charge in [-0.2, -0.15) is 5.26 Å². The van der Waals surface area contributed by atoms with E-state index in [9.17, 15) is 19.7 Å². The maximum atomic E-state index is 12.5. The Morgan fingerprint density at radius 3 is 2.37 bits per heavy atom. The first-order valence-electron chi connectivity index (χ1n) is 8.33. The number of nitrogens with zero attached hydrogens (tertiary/aromatic N) is 2. The van der Waals surface area contributed by atoms with Gasteiger partial charge in [-0.05, 0) is 25.1 Å². The predicted octanol–water partition coefficient (Wildman–Crippen LogP) is 3.32. The molecule has 0 aliphatic rings. The lowest BCUT2D eigenvalue weighted by molar-refractivity contribution is -0.385. The molecule has 11 heteroatoms. The second-order valence-corrected chi connectivity index (χ2v) is 6.23. The molecular weight excluding hydrogens is 418 g/mol.